The highest BCUT2D eigenvalue weighted by molar-refractivity contribution is 4.82. The Morgan fingerprint density at radius 2 is 1.64 bits per heavy atom. The van der Waals surface area contributed by atoms with Crippen molar-refractivity contribution >= 4 is 0 Å². The van der Waals surface area contributed by atoms with Crippen molar-refractivity contribution in [2.24, 2.45) is 5.41 Å². The molecule has 0 saturated carbocycles. The van der Waals surface area contributed by atoms with Crippen LogP contribution in [0.25, 0.3) is 0 Å². The fourth-order valence-corrected chi connectivity index (χ4v) is 1.49. The molecule has 0 aromatic heterocycles. The van der Waals surface area contributed by atoms with Crippen molar-refractivity contribution in [3.05, 3.63) is 0 Å². The minimum absolute atomic E-state index is 0.0990. The lowest BCUT2D eigenvalue weighted by Gasteiger charge is -2.27. The Kier molecular flexibility index (Phi) is 1.99. The highest BCUT2D eigenvalue weighted by atomic mass is 17.4. The van der Waals surface area contributed by atoms with Crippen LogP contribution in [0.4, 0.5) is 0 Å². The van der Waals surface area contributed by atoms with E-state index in [2.05, 4.69) is 0 Å². The van der Waals surface area contributed by atoms with Crippen LogP contribution in [-0.2, 0) is 9.78 Å². The molecule has 1 heterocycles. The maximum atomic E-state index is 9.52. The van der Waals surface area contributed by atoms with Gasteiger partial charge in [-0.3, -0.25) is 0 Å². The van der Waals surface area contributed by atoms with Gasteiger partial charge in [0.05, 0.1) is 5.60 Å². The van der Waals surface area contributed by atoms with Gasteiger partial charge in [-0.15, -0.1) is 0 Å². The van der Waals surface area contributed by atoms with Crippen LogP contribution >= 0.6 is 0 Å². The number of hydrogen-bond donors (Lipinski definition) is 1. The van der Waals surface area contributed by atoms with Crippen molar-refractivity contribution in [1.29, 1.82) is 0 Å². The molecule has 0 spiro atoms. The number of hydrogen-bond acceptors (Lipinski definition) is 3. The van der Waals surface area contributed by atoms with Crippen molar-refractivity contribution in [3.63, 3.8) is 0 Å². The van der Waals surface area contributed by atoms with E-state index in [1.165, 1.54) is 0 Å². The summed E-state index contributed by atoms with van der Waals surface area (Å²) >= 11 is 0. The van der Waals surface area contributed by atoms with Gasteiger partial charge in [-0.1, -0.05) is 13.8 Å². The monoisotopic (exact) mass is 160 g/mol. The molecule has 11 heavy (non-hydrogen) atoms. The molecule has 0 bridgehead atoms. The maximum Gasteiger partial charge on any atom is 0.229 e. The zero-order valence-corrected chi connectivity index (χ0v) is 7.55. The molecule has 1 saturated heterocycles. The smallest absolute Gasteiger partial charge is 0.229 e. The van der Waals surface area contributed by atoms with Gasteiger partial charge in [-0.25, -0.2) is 0 Å². The third kappa shape index (κ3) is 2.77. The van der Waals surface area contributed by atoms with E-state index in [9.17, 15) is 5.11 Å². The summed E-state index contributed by atoms with van der Waals surface area (Å²) in [6, 6.07) is 0. The van der Waals surface area contributed by atoms with E-state index in [0.717, 1.165) is 0 Å². The minimum Gasteiger partial charge on any atom is -0.390 e. The van der Waals surface area contributed by atoms with Gasteiger partial charge in [0, 0.05) is 5.41 Å². The molecule has 1 rings (SSSR count). The van der Waals surface area contributed by atoms with E-state index in [-0.39, 0.29) is 11.7 Å². The predicted octanol–water partition coefficient (Wildman–Crippen LogP) is 1.46. The second kappa shape index (κ2) is 2.44. The molecule has 1 aliphatic heterocycles. The van der Waals surface area contributed by atoms with Gasteiger partial charge in [0.15, 0.2) is 0 Å². The molecule has 66 valence electrons. The van der Waals surface area contributed by atoms with Crippen LogP contribution < -0.4 is 0 Å². The van der Waals surface area contributed by atoms with Gasteiger partial charge in [-0.2, -0.15) is 9.78 Å². The second-order valence-electron chi connectivity index (χ2n) is 4.50. The zero-order valence-electron chi connectivity index (χ0n) is 7.55. The van der Waals surface area contributed by atoms with E-state index >= 15 is 0 Å². The quantitative estimate of drug-likeness (QED) is 0.502. The Bertz CT molecular complexity index is 142. The first-order valence-electron chi connectivity index (χ1n) is 3.86. The first-order valence-corrected chi connectivity index (χ1v) is 3.86. The van der Waals surface area contributed by atoms with Crippen LogP contribution in [0.5, 0.6) is 0 Å². The molecule has 1 N–H and O–H groups in total. The largest absolute Gasteiger partial charge is 0.390 e. The standard InChI is InChI=1S/C8H16O3/c1-7(2,6-10-11-6)5-8(3,4)9/h6,9H,5H2,1-4H3. The lowest BCUT2D eigenvalue weighted by atomic mass is 9.82. The number of aliphatic hydroxyl groups is 1. The highest BCUT2D eigenvalue weighted by Gasteiger charge is 2.45. The molecule has 0 aromatic carbocycles. The van der Waals surface area contributed by atoms with Crippen molar-refractivity contribution in [2.45, 2.75) is 46.0 Å². The Balaban J connectivity index is 2.45. The molecule has 0 aliphatic carbocycles. The minimum atomic E-state index is -0.654. The zero-order chi connectivity index (χ0) is 8.70. The summed E-state index contributed by atoms with van der Waals surface area (Å²) in [7, 11) is 0. The third-order valence-electron chi connectivity index (χ3n) is 1.72. The summed E-state index contributed by atoms with van der Waals surface area (Å²) in [4.78, 5) is 9.42. The maximum absolute atomic E-state index is 9.52. The first-order chi connectivity index (χ1) is 4.81. The van der Waals surface area contributed by atoms with Gasteiger partial charge in [0.1, 0.15) is 0 Å². The predicted molar refractivity (Wildman–Crippen MR) is 40.7 cm³/mol. The summed E-state index contributed by atoms with van der Waals surface area (Å²) in [5.74, 6) is 0. The van der Waals surface area contributed by atoms with E-state index in [1.54, 1.807) is 13.8 Å². The topological polar surface area (TPSA) is 45.3 Å². The number of rotatable bonds is 3. The summed E-state index contributed by atoms with van der Waals surface area (Å²) in [5.41, 5.74) is -0.753. The molecule has 3 heteroatoms. The molecule has 1 fully saturated rings. The van der Waals surface area contributed by atoms with Crippen molar-refractivity contribution in [2.75, 3.05) is 0 Å². The van der Waals surface area contributed by atoms with Gasteiger partial charge in [0.2, 0.25) is 6.29 Å². The van der Waals surface area contributed by atoms with E-state index in [4.69, 9.17) is 9.78 Å². The molecule has 3 nitrogen and oxygen atoms in total. The average Bonchev–Trinajstić information content (AvgIpc) is 2.30. The molecule has 0 radical (unpaired) electrons. The summed E-state index contributed by atoms with van der Waals surface area (Å²) in [6.45, 7) is 7.61. The van der Waals surface area contributed by atoms with E-state index < -0.39 is 5.60 Å². The lowest BCUT2D eigenvalue weighted by molar-refractivity contribution is 0.0219. The lowest BCUT2D eigenvalue weighted by Crippen LogP contribution is -2.31. The van der Waals surface area contributed by atoms with Crippen molar-refractivity contribution in [1.82, 2.24) is 0 Å². The average molecular weight is 160 g/mol. The van der Waals surface area contributed by atoms with E-state index in [1.807, 2.05) is 13.8 Å². The molecular weight excluding hydrogens is 144 g/mol. The molecule has 0 aromatic rings. The molecule has 1 aliphatic rings. The van der Waals surface area contributed by atoms with Crippen LogP contribution in [0.3, 0.4) is 0 Å². The Morgan fingerprint density at radius 3 is 1.91 bits per heavy atom. The normalized spacial score (nSPS) is 20.5. The Morgan fingerprint density at radius 1 is 1.18 bits per heavy atom. The van der Waals surface area contributed by atoms with Crippen LogP contribution in [0.1, 0.15) is 34.1 Å². The summed E-state index contributed by atoms with van der Waals surface area (Å²) < 4.78 is 0. The highest BCUT2D eigenvalue weighted by Crippen LogP contribution is 2.39. The van der Waals surface area contributed by atoms with Crippen LogP contribution in [0, 0.1) is 5.41 Å². The van der Waals surface area contributed by atoms with Crippen molar-refractivity contribution < 1.29 is 14.9 Å². The second-order valence-corrected chi connectivity index (χ2v) is 4.50. The molecule has 0 amide bonds. The molecular formula is C8H16O3. The SMILES string of the molecule is CC(C)(O)CC(C)(C)C1OO1. The molecule has 0 atom stereocenters. The third-order valence-corrected chi connectivity index (χ3v) is 1.72. The van der Waals surface area contributed by atoms with Crippen LogP contribution in [0.2, 0.25) is 0 Å². The van der Waals surface area contributed by atoms with Crippen LogP contribution in [0.15, 0.2) is 0 Å². The molecule has 0 unspecified atom stereocenters. The van der Waals surface area contributed by atoms with Gasteiger partial charge in [0.25, 0.3) is 0 Å². The first kappa shape index (κ1) is 8.97. The Labute approximate surface area is 67.2 Å². The summed E-state index contributed by atoms with van der Waals surface area (Å²) in [6.07, 6.45) is 0.541. The van der Waals surface area contributed by atoms with Crippen LogP contribution in [-0.4, -0.2) is 17.0 Å². The van der Waals surface area contributed by atoms with Crippen molar-refractivity contribution in [3.8, 4) is 0 Å². The summed E-state index contributed by atoms with van der Waals surface area (Å²) in [5, 5.41) is 9.52. The Hall–Kier alpha value is -0.120. The van der Waals surface area contributed by atoms with Gasteiger partial charge < -0.3 is 5.11 Å². The fraction of sp³-hybridized carbons (Fsp3) is 1.00. The van der Waals surface area contributed by atoms with Gasteiger partial charge >= 0.3 is 0 Å². The van der Waals surface area contributed by atoms with Gasteiger partial charge in [-0.05, 0) is 20.3 Å². The fourth-order valence-electron chi connectivity index (χ4n) is 1.49. The van der Waals surface area contributed by atoms with E-state index in [0.29, 0.717) is 6.42 Å².